The van der Waals surface area contributed by atoms with Gasteiger partial charge in [0.1, 0.15) is 24.7 Å². The molecule has 8 aromatic carbocycles. The van der Waals surface area contributed by atoms with Crippen molar-refractivity contribution >= 4 is 65.0 Å². The molecule has 0 aliphatic heterocycles. The quantitative estimate of drug-likeness (QED) is 0.0407. The number of para-hydroxylation sites is 2. The molecule has 2 atom stereocenters. The molecular formula is C59H60N6O6S. The number of aromatic nitrogens is 2. The summed E-state index contributed by atoms with van der Waals surface area (Å²) >= 11 is 0. The molecule has 0 aliphatic carbocycles. The normalized spacial score (nSPS) is 12.6. The van der Waals surface area contributed by atoms with Gasteiger partial charge in [0.25, 0.3) is 0 Å². The van der Waals surface area contributed by atoms with Crippen LogP contribution >= 0.6 is 0 Å². The SMILES string of the molecule is CS(=O)(=O)Nc1cccc([C@@H](O)CN(CCOc2ccc3c(c2)[nH]c2ccccc23)Cc2ccccc2)c1.Nc1cccc([C@@H](O)CN(CCOc2ccc3c(c2)[nH]c2ccccc23)Cc2ccccc2)c1. The van der Waals surface area contributed by atoms with E-state index < -0.39 is 22.2 Å². The summed E-state index contributed by atoms with van der Waals surface area (Å²) in [6.45, 7) is 4.46. The number of hydrogen-bond donors (Lipinski definition) is 6. The second-order valence-electron chi connectivity index (χ2n) is 18.1. The smallest absolute Gasteiger partial charge is 0.229 e. The van der Waals surface area contributed by atoms with Gasteiger partial charge in [-0.3, -0.25) is 14.5 Å². The van der Waals surface area contributed by atoms with Crippen molar-refractivity contribution in [2.24, 2.45) is 0 Å². The minimum Gasteiger partial charge on any atom is -0.492 e. The molecule has 0 amide bonds. The monoisotopic (exact) mass is 980 g/mol. The van der Waals surface area contributed by atoms with Gasteiger partial charge in [-0.25, -0.2) is 8.42 Å². The summed E-state index contributed by atoms with van der Waals surface area (Å²) in [6.07, 6.45) is -0.328. The van der Waals surface area contributed by atoms with Crippen LogP contribution < -0.4 is 19.9 Å². The standard InChI is InChI=1S/C30H31N3O4S.C29H29N3O2/c1-38(35,36)32-24-11-7-10-23(18-24)30(34)21-33(20-22-8-3-2-4-9-22)16-17-37-25-14-15-27-26-12-5-6-13-28(26)31-29(27)19-25;30-23-10-6-9-22(17-23)29(33)20-32(19-21-7-2-1-3-8-21)15-16-34-24-13-14-26-25-11-4-5-12-27(25)31-28(26)18-24/h2-15,18-19,30-32,34H,16-17,20-21H2,1H3;1-14,17-18,29,31,33H,15-16,19-20,30H2/t30-;29-/m00/s1. The highest BCUT2D eigenvalue weighted by Crippen LogP contribution is 2.30. The Morgan fingerprint density at radius 1 is 0.514 bits per heavy atom. The van der Waals surface area contributed by atoms with Gasteiger partial charge in [-0.1, -0.05) is 121 Å². The van der Waals surface area contributed by atoms with E-state index in [4.69, 9.17) is 15.2 Å². The van der Waals surface area contributed by atoms with Crippen LogP contribution in [0.5, 0.6) is 11.5 Å². The number of aliphatic hydroxyl groups is 2. The molecule has 12 nitrogen and oxygen atoms in total. The molecule has 0 unspecified atom stereocenters. The number of H-pyrrole nitrogens is 2. The van der Waals surface area contributed by atoms with Crippen LogP contribution in [-0.4, -0.2) is 84.0 Å². The number of anilines is 2. The first-order chi connectivity index (χ1) is 35.0. The van der Waals surface area contributed by atoms with E-state index in [0.717, 1.165) is 62.9 Å². The van der Waals surface area contributed by atoms with Crippen LogP contribution in [0.25, 0.3) is 43.6 Å². The van der Waals surface area contributed by atoms with Crippen molar-refractivity contribution in [3.05, 3.63) is 216 Å². The van der Waals surface area contributed by atoms with E-state index >= 15 is 0 Å². The fourth-order valence-corrected chi connectivity index (χ4v) is 9.63. The molecule has 13 heteroatoms. The molecule has 10 aromatic rings. The van der Waals surface area contributed by atoms with Gasteiger partial charge in [-0.2, -0.15) is 0 Å². The lowest BCUT2D eigenvalue weighted by Gasteiger charge is -2.25. The third-order valence-electron chi connectivity index (χ3n) is 12.5. The lowest BCUT2D eigenvalue weighted by atomic mass is 10.1. The predicted molar refractivity (Wildman–Crippen MR) is 292 cm³/mol. The van der Waals surface area contributed by atoms with Crippen molar-refractivity contribution in [1.82, 2.24) is 19.8 Å². The van der Waals surface area contributed by atoms with Crippen LogP contribution in [0.15, 0.2) is 194 Å². The van der Waals surface area contributed by atoms with Gasteiger partial charge in [0, 0.05) is 95.4 Å². The molecule has 10 rings (SSSR count). The van der Waals surface area contributed by atoms with Crippen LogP contribution in [0.3, 0.4) is 0 Å². The number of nitrogens with one attached hydrogen (secondary N) is 3. The molecule has 7 N–H and O–H groups in total. The van der Waals surface area contributed by atoms with E-state index in [0.29, 0.717) is 62.9 Å². The number of nitrogens with zero attached hydrogens (tertiary/aromatic N) is 2. The highest BCUT2D eigenvalue weighted by atomic mass is 32.2. The topological polar surface area (TPSA) is 169 Å². The molecule has 0 spiro atoms. The number of benzene rings is 8. The zero-order chi connectivity index (χ0) is 49.9. The van der Waals surface area contributed by atoms with Crippen LogP contribution in [0.1, 0.15) is 34.5 Å². The van der Waals surface area contributed by atoms with Gasteiger partial charge in [0.05, 0.1) is 29.5 Å². The Balaban J connectivity index is 0.000000179. The fraction of sp³-hybridized carbons (Fsp3) is 0.186. The van der Waals surface area contributed by atoms with Gasteiger partial charge in [-0.15, -0.1) is 0 Å². The van der Waals surface area contributed by atoms with Crippen LogP contribution in [-0.2, 0) is 23.1 Å². The Hall–Kier alpha value is -7.65. The summed E-state index contributed by atoms with van der Waals surface area (Å²) in [5, 5.41) is 26.6. The molecule has 0 fully saturated rings. The van der Waals surface area contributed by atoms with Gasteiger partial charge >= 0.3 is 0 Å². The maximum atomic E-state index is 11.6. The van der Waals surface area contributed by atoms with E-state index in [1.165, 1.54) is 21.7 Å². The Morgan fingerprint density at radius 2 is 0.958 bits per heavy atom. The van der Waals surface area contributed by atoms with E-state index in [9.17, 15) is 18.6 Å². The lowest BCUT2D eigenvalue weighted by Crippen LogP contribution is -2.32. The van der Waals surface area contributed by atoms with E-state index in [1.54, 1.807) is 24.3 Å². The van der Waals surface area contributed by atoms with E-state index in [1.807, 2.05) is 97.1 Å². The number of aliphatic hydroxyl groups excluding tert-OH is 2. The van der Waals surface area contributed by atoms with Crippen molar-refractivity contribution in [2.45, 2.75) is 25.3 Å². The second-order valence-corrected chi connectivity index (χ2v) is 19.8. The van der Waals surface area contributed by atoms with E-state index in [-0.39, 0.29) is 0 Å². The van der Waals surface area contributed by atoms with Crippen LogP contribution in [0.2, 0.25) is 0 Å². The number of nitrogen functional groups attached to an aromatic ring is 1. The van der Waals surface area contributed by atoms with Crippen molar-refractivity contribution in [2.75, 3.05) is 56.1 Å². The third-order valence-corrected chi connectivity index (χ3v) is 13.1. The fourth-order valence-electron chi connectivity index (χ4n) is 9.07. The number of aromatic amines is 2. The molecule has 0 aliphatic rings. The summed E-state index contributed by atoms with van der Waals surface area (Å²) in [5.74, 6) is 1.61. The molecule has 368 valence electrons. The predicted octanol–water partition coefficient (Wildman–Crippen LogP) is 10.8. The molecule has 0 saturated heterocycles. The number of hydrogen-bond acceptors (Lipinski definition) is 9. The molecule has 2 heterocycles. The zero-order valence-electron chi connectivity index (χ0n) is 40.2. The second kappa shape index (κ2) is 23.1. The molecule has 2 aromatic heterocycles. The van der Waals surface area contributed by atoms with Crippen molar-refractivity contribution in [3.63, 3.8) is 0 Å². The summed E-state index contributed by atoms with van der Waals surface area (Å²) < 4.78 is 37.9. The first-order valence-corrected chi connectivity index (χ1v) is 26.0. The van der Waals surface area contributed by atoms with Crippen LogP contribution in [0, 0.1) is 0 Å². The largest absolute Gasteiger partial charge is 0.492 e. The average Bonchev–Trinajstić information content (AvgIpc) is 3.94. The number of fused-ring (bicyclic) bond motifs is 6. The first-order valence-electron chi connectivity index (χ1n) is 24.1. The molecule has 0 saturated carbocycles. The maximum Gasteiger partial charge on any atom is 0.229 e. The molecule has 0 radical (unpaired) electrons. The summed E-state index contributed by atoms with van der Waals surface area (Å²) in [4.78, 5) is 11.3. The molecular weight excluding hydrogens is 921 g/mol. The number of ether oxygens (including phenoxy) is 2. The third kappa shape index (κ3) is 13.2. The minimum atomic E-state index is -3.40. The molecule has 0 bridgehead atoms. The Morgan fingerprint density at radius 3 is 1.44 bits per heavy atom. The number of rotatable bonds is 20. The van der Waals surface area contributed by atoms with Gasteiger partial charge in [0.2, 0.25) is 10.0 Å². The Bertz CT molecular complexity index is 3480. The average molecular weight is 981 g/mol. The summed E-state index contributed by atoms with van der Waals surface area (Å²) in [7, 11) is -3.40. The summed E-state index contributed by atoms with van der Waals surface area (Å²) in [6, 6.07) is 63.5. The van der Waals surface area contributed by atoms with Crippen molar-refractivity contribution in [3.8, 4) is 11.5 Å². The highest BCUT2D eigenvalue weighted by molar-refractivity contribution is 7.92. The van der Waals surface area contributed by atoms with Crippen LogP contribution in [0.4, 0.5) is 11.4 Å². The lowest BCUT2D eigenvalue weighted by molar-refractivity contribution is 0.0984. The first kappa shape index (κ1) is 49.3. The minimum absolute atomic E-state index is 0.363. The Kier molecular flexibility index (Phi) is 15.8. The molecule has 72 heavy (non-hydrogen) atoms. The van der Waals surface area contributed by atoms with Gasteiger partial charge < -0.3 is 35.4 Å². The Labute approximate surface area is 420 Å². The van der Waals surface area contributed by atoms with E-state index in [2.05, 4.69) is 97.3 Å². The van der Waals surface area contributed by atoms with Gasteiger partial charge in [-0.05, 0) is 82.9 Å². The zero-order valence-corrected chi connectivity index (χ0v) is 41.0. The highest BCUT2D eigenvalue weighted by Gasteiger charge is 2.18. The van der Waals surface area contributed by atoms with Gasteiger partial charge in [0.15, 0.2) is 0 Å². The van der Waals surface area contributed by atoms with Crippen molar-refractivity contribution in [1.29, 1.82) is 0 Å². The van der Waals surface area contributed by atoms with Crippen molar-refractivity contribution < 1.29 is 28.1 Å². The summed E-state index contributed by atoms with van der Waals surface area (Å²) in [5.41, 5.74) is 15.1. The number of nitrogens with two attached hydrogens (primary N) is 1. The maximum absolute atomic E-state index is 11.6. The number of sulfonamides is 1.